The van der Waals surface area contributed by atoms with Crippen molar-refractivity contribution in [2.75, 3.05) is 12.4 Å². The molecule has 5 heteroatoms. The topological polar surface area (TPSA) is 9.23 Å². The van der Waals surface area contributed by atoms with E-state index in [1.807, 2.05) is 0 Å². The van der Waals surface area contributed by atoms with Crippen LogP contribution in [0.15, 0.2) is 12.1 Å². The summed E-state index contributed by atoms with van der Waals surface area (Å²) in [6, 6.07) is 3.17. The molecule has 1 rings (SSSR count). The Kier molecular flexibility index (Phi) is 4.53. The lowest BCUT2D eigenvalue weighted by atomic mass is 10.3. The quantitative estimate of drug-likeness (QED) is 0.807. The molecule has 0 saturated carbocycles. The third kappa shape index (κ3) is 3.13. The fraction of sp³-hybridized carbons (Fsp3) is 0.250. The van der Waals surface area contributed by atoms with Gasteiger partial charge in [0.05, 0.1) is 16.7 Å². The zero-order valence-corrected chi connectivity index (χ0v) is 9.72. The van der Waals surface area contributed by atoms with Crippen molar-refractivity contribution in [2.45, 2.75) is 0 Å². The Labute approximate surface area is 97.3 Å². The van der Waals surface area contributed by atoms with Crippen LogP contribution in [0.3, 0.4) is 0 Å². The molecule has 1 aromatic carbocycles. The second kappa shape index (κ2) is 5.20. The van der Waals surface area contributed by atoms with Crippen LogP contribution < -0.4 is 4.74 Å². The number of ether oxygens (including phenoxy) is 1. The van der Waals surface area contributed by atoms with Gasteiger partial charge in [0.2, 0.25) is 0 Å². The molecular weight excluding hydrogens is 251 g/mol. The van der Waals surface area contributed by atoms with Crippen LogP contribution in [0, 0.1) is 0 Å². The highest BCUT2D eigenvalue weighted by Crippen LogP contribution is 2.35. The molecule has 0 aliphatic rings. The first kappa shape index (κ1) is 11.3. The Bertz CT molecular complexity index is 280. The fourth-order valence-electron chi connectivity index (χ4n) is 0.815. The molecule has 0 aromatic heterocycles. The van der Waals surface area contributed by atoms with Crippen molar-refractivity contribution in [3.05, 3.63) is 27.2 Å². The number of hydrogen-bond acceptors (Lipinski definition) is 2. The summed E-state index contributed by atoms with van der Waals surface area (Å²) in [5, 5.41) is 1.33. The lowest BCUT2D eigenvalue weighted by Crippen LogP contribution is -1.99. The fourth-order valence-corrected chi connectivity index (χ4v) is 1.83. The highest BCUT2D eigenvalue weighted by Gasteiger charge is 2.08. The van der Waals surface area contributed by atoms with E-state index < -0.39 is 0 Å². The van der Waals surface area contributed by atoms with E-state index in [4.69, 9.17) is 39.5 Å². The second-order valence-corrected chi connectivity index (χ2v) is 3.97. The van der Waals surface area contributed by atoms with Crippen LogP contribution in [-0.2, 0) is 0 Å². The number of hydrogen-bond donors (Lipinski definition) is 1. The summed E-state index contributed by atoms with van der Waals surface area (Å²) in [5.41, 5.74) is 0. The molecule has 0 saturated heterocycles. The molecule has 0 heterocycles. The minimum atomic E-state index is 0.416. The normalized spacial score (nSPS) is 10.2. The molecule has 13 heavy (non-hydrogen) atoms. The van der Waals surface area contributed by atoms with Crippen LogP contribution in [0.1, 0.15) is 0 Å². The smallest absolute Gasteiger partial charge is 0.156 e. The average Bonchev–Trinajstić information content (AvgIpc) is 2.02. The third-order valence-electron chi connectivity index (χ3n) is 1.30. The summed E-state index contributed by atoms with van der Waals surface area (Å²) in [4.78, 5) is 0. The van der Waals surface area contributed by atoms with E-state index in [0.29, 0.717) is 33.2 Å². The molecule has 0 amide bonds. The van der Waals surface area contributed by atoms with Gasteiger partial charge in [0, 0.05) is 10.8 Å². The molecular formula is C8H7Cl3OS. The van der Waals surface area contributed by atoms with E-state index in [9.17, 15) is 0 Å². The SMILES string of the molecule is SCCOc1c(Cl)cc(Cl)cc1Cl. The van der Waals surface area contributed by atoms with Gasteiger partial charge in [-0.1, -0.05) is 34.8 Å². The van der Waals surface area contributed by atoms with Gasteiger partial charge in [-0.2, -0.15) is 12.6 Å². The summed E-state index contributed by atoms with van der Waals surface area (Å²) in [6.07, 6.45) is 0. The third-order valence-corrected chi connectivity index (χ3v) is 2.26. The van der Waals surface area contributed by atoms with Crippen molar-refractivity contribution >= 4 is 47.4 Å². The Morgan fingerprint density at radius 1 is 1.15 bits per heavy atom. The average molecular weight is 258 g/mol. The molecule has 0 aliphatic heterocycles. The van der Waals surface area contributed by atoms with Gasteiger partial charge in [-0.05, 0) is 12.1 Å². The number of benzene rings is 1. The van der Waals surface area contributed by atoms with Crippen LogP contribution in [0.2, 0.25) is 15.1 Å². The molecule has 0 fully saturated rings. The number of rotatable bonds is 3. The largest absolute Gasteiger partial charge is 0.490 e. The molecule has 0 N–H and O–H groups in total. The summed E-state index contributed by atoms with van der Waals surface area (Å²) in [5.74, 6) is 1.07. The highest BCUT2D eigenvalue weighted by molar-refractivity contribution is 7.80. The van der Waals surface area contributed by atoms with E-state index >= 15 is 0 Å². The monoisotopic (exact) mass is 256 g/mol. The standard InChI is InChI=1S/C8H7Cl3OS/c9-5-3-6(10)8(7(11)4-5)12-1-2-13/h3-4,13H,1-2H2. The van der Waals surface area contributed by atoms with E-state index in [2.05, 4.69) is 12.6 Å². The van der Waals surface area contributed by atoms with Crippen molar-refractivity contribution in [2.24, 2.45) is 0 Å². The van der Waals surface area contributed by atoms with Crippen LogP contribution >= 0.6 is 47.4 Å². The Balaban J connectivity index is 2.92. The lowest BCUT2D eigenvalue weighted by molar-refractivity contribution is 0.345. The molecule has 0 bridgehead atoms. The first-order chi connectivity index (χ1) is 6.15. The maximum Gasteiger partial charge on any atom is 0.156 e. The first-order valence-electron chi connectivity index (χ1n) is 3.53. The summed E-state index contributed by atoms with van der Waals surface area (Å²) >= 11 is 21.4. The zero-order chi connectivity index (χ0) is 9.84. The minimum absolute atomic E-state index is 0.416. The van der Waals surface area contributed by atoms with Crippen LogP contribution in [-0.4, -0.2) is 12.4 Å². The van der Waals surface area contributed by atoms with E-state index in [0.717, 1.165) is 0 Å². The van der Waals surface area contributed by atoms with Crippen molar-refractivity contribution in [1.29, 1.82) is 0 Å². The Hall–Kier alpha value is 0.240. The Morgan fingerprint density at radius 3 is 2.15 bits per heavy atom. The number of halogens is 3. The maximum atomic E-state index is 5.85. The van der Waals surface area contributed by atoms with Gasteiger partial charge in [0.15, 0.2) is 5.75 Å². The van der Waals surface area contributed by atoms with E-state index in [-0.39, 0.29) is 0 Å². The molecule has 0 atom stereocenters. The van der Waals surface area contributed by atoms with Crippen molar-refractivity contribution in [3.8, 4) is 5.75 Å². The summed E-state index contributed by atoms with van der Waals surface area (Å²) in [7, 11) is 0. The van der Waals surface area contributed by atoms with Gasteiger partial charge < -0.3 is 4.74 Å². The highest BCUT2D eigenvalue weighted by atomic mass is 35.5. The summed E-state index contributed by atoms with van der Waals surface area (Å²) in [6.45, 7) is 0.462. The first-order valence-corrected chi connectivity index (χ1v) is 5.30. The van der Waals surface area contributed by atoms with Crippen LogP contribution in [0.4, 0.5) is 0 Å². The predicted octanol–water partition coefficient (Wildman–Crippen LogP) is 3.96. The van der Waals surface area contributed by atoms with Crippen molar-refractivity contribution in [1.82, 2.24) is 0 Å². The zero-order valence-electron chi connectivity index (χ0n) is 6.56. The molecule has 0 spiro atoms. The molecule has 0 unspecified atom stereocenters. The lowest BCUT2D eigenvalue weighted by Gasteiger charge is -2.08. The van der Waals surface area contributed by atoms with Crippen molar-refractivity contribution < 1.29 is 4.74 Å². The minimum Gasteiger partial charge on any atom is -0.490 e. The van der Waals surface area contributed by atoms with Crippen LogP contribution in [0.5, 0.6) is 5.75 Å². The molecule has 1 nitrogen and oxygen atoms in total. The summed E-state index contributed by atoms with van der Waals surface area (Å²) < 4.78 is 5.27. The van der Waals surface area contributed by atoms with E-state index in [1.54, 1.807) is 12.1 Å². The molecule has 1 aromatic rings. The van der Waals surface area contributed by atoms with E-state index in [1.165, 1.54) is 0 Å². The van der Waals surface area contributed by atoms with Gasteiger partial charge in [-0.25, -0.2) is 0 Å². The second-order valence-electron chi connectivity index (χ2n) is 2.27. The molecule has 72 valence electrons. The predicted molar refractivity (Wildman–Crippen MR) is 60.8 cm³/mol. The van der Waals surface area contributed by atoms with Gasteiger partial charge in [0.1, 0.15) is 0 Å². The number of thiol groups is 1. The van der Waals surface area contributed by atoms with Gasteiger partial charge in [0.25, 0.3) is 0 Å². The van der Waals surface area contributed by atoms with Gasteiger partial charge >= 0.3 is 0 Å². The van der Waals surface area contributed by atoms with Crippen molar-refractivity contribution in [3.63, 3.8) is 0 Å². The maximum absolute atomic E-state index is 5.85. The van der Waals surface area contributed by atoms with Gasteiger partial charge in [-0.3, -0.25) is 0 Å². The molecule has 0 aliphatic carbocycles. The molecule has 0 radical (unpaired) electrons. The Morgan fingerprint density at radius 2 is 1.69 bits per heavy atom. The van der Waals surface area contributed by atoms with Gasteiger partial charge in [-0.15, -0.1) is 0 Å². The van der Waals surface area contributed by atoms with Crippen LogP contribution in [0.25, 0.3) is 0 Å².